The van der Waals surface area contributed by atoms with E-state index in [1.807, 2.05) is 12.1 Å². The van der Waals surface area contributed by atoms with Crippen molar-refractivity contribution in [3.05, 3.63) is 24.3 Å². The molecule has 0 fully saturated rings. The van der Waals surface area contributed by atoms with Gasteiger partial charge < -0.3 is 21.1 Å². The molecule has 1 aromatic carbocycles. The Balaban J connectivity index is 2.32. The normalized spacial score (nSPS) is 10.8. The van der Waals surface area contributed by atoms with Crippen molar-refractivity contribution in [2.75, 3.05) is 25.9 Å². The van der Waals surface area contributed by atoms with Gasteiger partial charge in [0.25, 0.3) is 0 Å². The molecule has 0 saturated carbocycles. The number of amides is 2. The third-order valence-electron chi connectivity index (χ3n) is 3.07. The number of carbonyl (C=O) groups is 2. The molecule has 0 aliphatic rings. The molecule has 0 aliphatic carbocycles. The molecule has 116 valence electrons. The maximum absolute atomic E-state index is 11.7. The van der Waals surface area contributed by atoms with Crippen molar-refractivity contribution in [3.8, 4) is 5.75 Å². The average Bonchev–Trinajstić information content (AvgIpc) is 2.46. The number of rotatable bonds is 7. The largest absolute Gasteiger partial charge is 0.491 e. The van der Waals surface area contributed by atoms with Gasteiger partial charge in [-0.05, 0) is 26.0 Å². The zero-order valence-electron chi connectivity index (χ0n) is 12.7. The van der Waals surface area contributed by atoms with E-state index in [4.69, 9.17) is 10.5 Å². The number of hydrogen-bond donors (Lipinski definition) is 3. The van der Waals surface area contributed by atoms with Crippen LogP contribution in [0, 0.1) is 5.41 Å². The van der Waals surface area contributed by atoms with E-state index >= 15 is 0 Å². The summed E-state index contributed by atoms with van der Waals surface area (Å²) in [6, 6.07) is 7.12. The number of nitrogens with one attached hydrogen (secondary N) is 2. The molecule has 0 heterocycles. The first-order valence-electron chi connectivity index (χ1n) is 6.83. The lowest BCUT2D eigenvalue weighted by molar-refractivity contribution is -0.129. The first-order valence-corrected chi connectivity index (χ1v) is 6.83. The molecule has 4 N–H and O–H groups in total. The fourth-order valence-electron chi connectivity index (χ4n) is 1.69. The van der Waals surface area contributed by atoms with E-state index in [-0.39, 0.29) is 31.4 Å². The summed E-state index contributed by atoms with van der Waals surface area (Å²) >= 11 is 0. The van der Waals surface area contributed by atoms with Gasteiger partial charge in [-0.25, -0.2) is 0 Å². The summed E-state index contributed by atoms with van der Waals surface area (Å²) in [6.07, 6.45) is 0.207. The molecule has 0 unspecified atom stereocenters. The molecule has 0 spiro atoms. The highest BCUT2D eigenvalue weighted by atomic mass is 16.5. The summed E-state index contributed by atoms with van der Waals surface area (Å²) in [6.45, 7) is 4.06. The maximum atomic E-state index is 11.7. The number of carbonyl (C=O) groups excluding carboxylic acids is 2. The Labute approximate surface area is 125 Å². The predicted molar refractivity (Wildman–Crippen MR) is 81.8 cm³/mol. The molecule has 0 aromatic heterocycles. The Kier molecular flexibility index (Phi) is 6.02. The second kappa shape index (κ2) is 7.52. The average molecular weight is 293 g/mol. The quantitative estimate of drug-likeness (QED) is 0.652. The molecule has 0 saturated heterocycles. The van der Waals surface area contributed by atoms with Crippen LogP contribution in [0.25, 0.3) is 0 Å². The van der Waals surface area contributed by atoms with Crippen LogP contribution in [-0.2, 0) is 9.59 Å². The summed E-state index contributed by atoms with van der Waals surface area (Å²) in [5.74, 6) is 0.286. The standard InChI is InChI=1S/C15H23N3O3/c1-15(2,14(20)17-3)10-18-13(19)8-9-21-12-7-5-4-6-11(12)16/h4-7H,8-10,16H2,1-3H3,(H,17,20)(H,18,19). The molecule has 1 aromatic rings. The van der Waals surface area contributed by atoms with Gasteiger partial charge >= 0.3 is 0 Å². The van der Waals surface area contributed by atoms with Gasteiger partial charge in [-0.1, -0.05) is 12.1 Å². The van der Waals surface area contributed by atoms with E-state index in [1.165, 1.54) is 0 Å². The second-order valence-electron chi connectivity index (χ2n) is 5.38. The van der Waals surface area contributed by atoms with Crippen LogP contribution in [0.3, 0.4) is 0 Å². The molecule has 0 atom stereocenters. The number of anilines is 1. The monoisotopic (exact) mass is 293 g/mol. The number of nitrogen functional groups attached to an aromatic ring is 1. The molecule has 21 heavy (non-hydrogen) atoms. The van der Waals surface area contributed by atoms with Crippen LogP contribution in [0.2, 0.25) is 0 Å². The molecule has 0 bridgehead atoms. The Morgan fingerprint density at radius 1 is 1.29 bits per heavy atom. The minimum absolute atomic E-state index is 0.115. The van der Waals surface area contributed by atoms with Gasteiger partial charge in [0.15, 0.2) is 0 Å². The van der Waals surface area contributed by atoms with Gasteiger partial charge in [-0.3, -0.25) is 9.59 Å². The molecule has 0 radical (unpaired) electrons. The summed E-state index contributed by atoms with van der Waals surface area (Å²) in [5, 5.41) is 5.30. The van der Waals surface area contributed by atoms with Gasteiger partial charge in [0.05, 0.1) is 24.1 Å². The number of ether oxygens (including phenoxy) is 1. The molecule has 6 nitrogen and oxygen atoms in total. The lowest BCUT2D eigenvalue weighted by Crippen LogP contribution is -2.43. The van der Waals surface area contributed by atoms with Crippen LogP contribution >= 0.6 is 0 Å². The highest BCUT2D eigenvalue weighted by Crippen LogP contribution is 2.19. The van der Waals surface area contributed by atoms with Crippen molar-refractivity contribution in [2.24, 2.45) is 5.41 Å². The zero-order chi connectivity index (χ0) is 15.9. The van der Waals surface area contributed by atoms with Crippen LogP contribution in [0.1, 0.15) is 20.3 Å². The van der Waals surface area contributed by atoms with Crippen molar-refractivity contribution >= 4 is 17.5 Å². The fourth-order valence-corrected chi connectivity index (χ4v) is 1.69. The summed E-state index contributed by atoms with van der Waals surface area (Å²) in [4.78, 5) is 23.3. The summed E-state index contributed by atoms with van der Waals surface area (Å²) < 4.78 is 5.44. The van der Waals surface area contributed by atoms with Crippen LogP contribution in [0.15, 0.2) is 24.3 Å². The smallest absolute Gasteiger partial charge is 0.227 e. The highest BCUT2D eigenvalue weighted by molar-refractivity contribution is 5.83. The lowest BCUT2D eigenvalue weighted by atomic mass is 9.92. The van der Waals surface area contributed by atoms with E-state index in [9.17, 15) is 9.59 Å². The van der Waals surface area contributed by atoms with Crippen molar-refractivity contribution in [1.82, 2.24) is 10.6 Å². The van der Waals surface area contributed by atoms with E-state index in [0.29, 0.717) is 11.4 Å². The van der Waals surface area contributed by atoms with E-state index in [0.717, 1.165) is 0 Å². The van der Waals surface area contributed by atoms with Crippen LogP contribution < -0.4 is 21.1 Å². The third kappa shape index (κ3) is 5.33. The van der Waals surface area contributed by atoms with Gasteiger partial charge in [0.1, 0.15) is 5.75 Å². The summed E-state index contributed by atoms with van der Waals surface area (Å²) in [7, 11) is 1.57. The number of benzene rings is 1. The minimum Gasteiger partial charge on any atom is -0.491 e. The highest BCUT2D eigenvalue weighted by Gasteiger charge is 2.26. The van der Waals surface area contributed by atoms with Crippen LogP contribution in [-0.4, -0.2) is 32.0 Å². The van der Waals surface area contributed by atoms with Gasteiger partial charge in [-0.2, -0.15) is 0 Å². The fraction of sp³-hybridized carbons (Fsp3) is 0.467. The van der Waals surface area contributed by atoms with Crippen LogP contribution in [0.5, 0.6) is 5.75 Å². The summed E-state index contributed by atoms with van der Waals surface area (Å²) in [5.41, 5.74) is 5.63. The van der Waals surface area contributed by atoms with Crippen molar-refractivity contribution < 1.29 is 14.3 Å². The molecular formula is C15H23N3O3. The van der Waals surface area contributed by atoms with E-state index in [2.05, 4.69) is 10.6 Å². The molecule has 2 amide bonds. The Bertz CT molecular complexity index is 501. The van der Waals surface area contributed by atoms with E-state index < -0.39 is 5.41 Å². The third-order valence-corrected chi connectivity index (χ3v) is 3.07. The van der Waals surface area contributed by atoms with Crippen molar-refractivity contribution in [3.63, 3.8) is 0 Å². The Hall–Kier alpha value is -2.24. The number of hydrogen-bond acceptors (Lipinski definition) is 4. The first-order chi connectivity index (χ1) is 9.86. The van der Waals surface area contributed by atoms with Crippen molar-refractivity contribution in [1.29, 1.82) is 0 Å². The SMILES string of the molecule is CNC(=O)C(C)(C)CNC(=O)CCOc1ccccc1N. The lowest BCUT2D eigenvalue weighted by Gasteiger charge is -2.22. The topological polar surface area (TPSA) is 93.5 Å². The van der Waals surface area contributed by atoms with Crippen LogP contribution in [0.4, 0.5) is 5.69 Å². The van der Waals surface area contributed by atoms with Gasteiger partial charge in [0, 0.05) is 13.6 Å². The van der Waals surface area contributed by atoms with E-state index in [1.54, 1.807) is 33.0 Å². The van der Waals surface area contributed by atoms with Gasteiger partial charge in [-0.15, -0.1) is 0 Å². The predicted octanol–water partition coefficient (Wildman–Crippen LogP) is 0.926. The zero-order valence-corrected chi connectivity index (χ0v) is 12.7. The molecule has 0 aliphatic heterocycles. The number of nitrogens with two attached hydrogens (primary N) is 1. The second-order valence-corrected chi connectivity index (χ2v) is 5.38. The molecular weight excluding hydrogens is 270 g/mol. The van der Waals surface area contributed by atoms with Crippen molar-refractivity contribution in [2.45, 2.75) is 20.3 Å². The van der Waals surface area contributed by atoms with Gasteiger partial charge in [0.2, 0.25) is 11.8 Å². The first kappa shape index (κ1) is 16.8. The Morgan fingerprint density at radius 2 is 1.95 bits per heavy atom. The maximum Gasteiger partial charge on any atom is 0.227 e. The molecule has 6 heteroatoms. The number of para-hydroxylation sites is 2. The minimum atomic E-state index is -0.644. The molecule has 1 rings (SSSR count). The Morgan fingerprint density at radius 3 is 2.57 bits per heavy atom.